The van der Waals surface area contributed by atoms with Gasteiger partial charge < -0.3 is 10.2 Å². The van der Waals surface area contributed by atoms with E-state index in [1.54, 1.807) is 24.3 Å². The van der Waals surface area contributed by atoms with Crippen molar-refractivity contribution in [3.63, 3.8) is 0 Å². The summed E-state index contributed by atoms with van der Waals surface area (Å²) in [5, 5.41) is 23.4. The van der Waals surface area contributed by atoms with Crippen LogP contribution in [0.3, 0.4) is 0 Å². The first-order valence-corrected chi connectivity index (χ1v) is 8.59. The maximum Gasteiger partial charge on any atom is 0.244 e. The van der Waals surface area contributed by atoms with Crippen molar-refractivity contribution in [1.82, 2.24) is 5.32 Å². The number of hydrogen-bond acceptors (Lipinski definition) is 3. The number of rotatable bonds is 2. The summed E-state index contributed by atoms with van der Waals surface area (Å²) in [6.45, 7) is 3.79. The zero-order valence-corrected chi connectivity index (χ0v) is 13.9. The molecule has 2 aromatic carbocycles. The molecule has 24 heavy (non-hydrogen) atoms. The molecule has 0 atom stereocenters. The maximum atomic E-state index is 10.9. The summed E-state index contributed by atoms with van der Waals surface area (Å²) in [6, 6.07) is 13.9. The van der Waals surface area contributed by atoms with Crippen molar-refractivity contribution in [2.24, 2.45) is 0 Å². The summed E-state index contributed by atoms with van der Waals surface area (Å²) in [7, 11) is 0. The van der Waals surface area contributed by atoms with Crippen LogP contribution in [0.2, 0.25) is 0 Å². The summed E-state index contributed by atoms with van der Waals surface area (Å²) in [4.78, 5) is 0. The molecule has 4 heteroatoms. The summed E-state index contributed by atoms with van der Waals surface area (Å²) in [5.74, 6) is 1.80. The molecule has 0 aromatic heterocycles. The molecular weight excluding hydrogens is 300 g/mol. The second-order valence-corrected chi connectivity index (χ2v) is 6.30. The van der Waals surface area contributed by atoms with E-state index in [1.165, 1.54) is 44.7 Å². The molecular formula is C20H24N2O2. The highest BCUT2D eigenvalue weighted by Gasteiger charge is 2.22. The van der Waals surface area contributed by atoms with E-state index in [-0.39, 0.29) is 11.5 Å². The fourth-order valence-electron chi connectivity index (χ4n) is 3.14. The quantitative estimate of drug-likeness (QED) is 0.833. The third-order valence-electron chi connectivity index (χ3n) is 4.43. The average molecular weight is 324 g/mol. The fraction of sp³-hybridized carbons (Fsp3) is 0.350. The van der Waals surface area contributed by atoms with Crippen LogP contribution < -0.4 is 10.4 Å². The number of amidine groups is 1. The van der Waals surface area contributed by atoms with Gasteiger partial charge >= 0.3 is 0 Å². The van der Waals surface area contributed by atoms with Crippen LogP contribution in [0.5, 0.6) is 11.5 Å². The number of aromatic hydroxyl groups is 1. The number of hydrogen-bond donors (Lipinski definition) is 2. The van der Waals surface area contributed by atoms with Crippen LogP contribution in [0, 0.1) is 0 Å². The van der Waals surface area contributed by atoms with Gasteiger partial charge in [-0.25, -0.2) is 0 Å². The highest BCUT2D eigenvalue weighted by atomic mass is 16.3. The minimum Gasteiger partial charge on any atom is -0.872 e. The van der Waals surface area contributed by atoms with Gasteiger partial charge in [0, 0.05) is 6.42 Å². The molecule has 0 unspecified atom stereocenters. The van der Waals surface area contributed by atoms with Crippen molar-refractivity contribution in [2.45, 2.75) is 25.7 Å². The summed E-state index contributed by atoms with van der Waals surface area (Å²) < 4.78 is 2.48. The normalized spacial score (nSPS) is 16.0. The van der Waals surface area contributed by atoms with Crippen molar-refractivity contribution >= 4 is 5.84 Å². The lowest BCUT2D eigenvalue weighted by atomic mass is 10.1. The van der Waals surface area contributed by atoms with Gasteiger partial charge in [0.15, 0.2) is 0 Å². The summed E-state index contributed by atoms with van der Waals surface area (Å²) >= 11 is 0. The smallest absolute Gasteiger partial charge is 0.244 e. The highest BCUT2D eigenvalue weighted by molar-refractivity contribution is 5.78. The average Bonchev–Trinajstić information content (AvgIpc) is 3.08. The topological polar surface area (TPSA) is 58.3 Å². The Morgan fingerprint density at radius 2 is 1.54 bits per heavy atom. The van der Waals surface area contributed by atoms with Crippen LogP contribution in [0.25, 0.3) is 0 Å². The number of phenols is 1. The molecule has 0 bridgehead atoms. The molecule has 0 radical (unpaired) electrons. The zero-order chi connectivity index (χ0) is 16.8. The van der Waals surface area contributed by atoms with E-state index in [4.69, 9.17) is 5.11 Å². The second kappa shape index (κ2) is 7.86. The molecule has 0 spiro atoms. The van der Waals surface area contributed by atoms with Crippen molar-refractivity contribution in [3.8, 4) is 11.5 Å². The van der Waals surface area contributed by atoms with Crippen LogP contribution in [-0.2, 0) is 6.42 Å². The number of benzene rings is 2. The zero-order valence-electron chi connectivity index (χ0n) is 13.9. The first kappa shape index (κ1) is 16.4. The van der Waals surface area contributed by atoms with Crippen LogP contribution in [0.4, 0.5) is 0 Å². The monoisotopic (exact) mass is 324 g/mol. The molecule has 0 aliphatic carbocycles. The van der Waals surface area contributed by atoms with E-state index in [9.17, 15) is 5.11 Å². The van der Waals surface area contributed by atoms with E-state index >= 15 is 0 Å². The van der Waals surface area contributed by atoms with Crippen molar-refractivity contribution in [3.05, 3.63) is 59.7 Å². The molecule has 2 aliphatic heterocycles. The van der Waals surface area contributed by atoms with Crippen molar-refractivity contribution in [1.29, 1.82) is 0 Å². The molecule has 0 amide bonds. The maximum absolute atomic E-state index is 10.9. The third kappa shape index (κ3) is 4.51. The number of phenolic OH excluding ortho intramolecular Hbond substituents is 1. The van der Waals surface area contributed by atoms with Gasteiger partial charge in [-0.15, -0.1) is 5.75 Å². The molecule has 0 saturated carbocycles. The Bertz CT molecular complexity index is 631. The van der Waals surface area contributed by atoms with E-state index in [0.717, 1.165) is 17.5 Å². The lowest BCUT2D eigenvalue weighted by Crippen LogP contribution is -2.36. The van der Waals surface area contributed by atoms with Gasteiger partial charge in [-0.1, -0.05) is 36.4 Å². The Kier molecular flexibility index (Phi) is 5.36. The van der Waals surface area contributed by atoms with E-state index in [0.29, 0.717) is 0 Å². The summed E-state index contributed by atoms with van der Waals surface area (Å²) in [6.07, 6.45) is 4.76. The molecule has 2 aliphatic rings. The lowest BCUT2D eigenvalue weighted by molar-refractivity contribution is -0.525. The Morgan fingerprint density at radius 1 is 0.917 bits per heavy atom. The van der Waals surface area contributed by atoms with Crippen molar-refractivity contribution in [2.75, 3.05) is 19.6 Å². The highest BCUT2D eigenvalue weighted by Crippen LogP contribution is 2.15. The van der Waals surface area contributed by atoms with Crippen LogP contribution in [0.15, 0.2) is 48.5 Å². The van der Waals surface area contributed by atoms with Gasteiger partial charge in [0.25, 0.3) is 0 Å². The predicted molar refractivity (Wildman–Crippen MR) is 93.7 cm³/mol. The molecule has 0 saturated heterocycles. The second-order valence-electron chi connectivity index (χ2n) is 6.30. The molecule has 4 nitrogen and oxygen atoms in total. The molecule has 2 heterocycles. The summed E-state index contributed by atoms with van der Waals surface area (Å²) in [5.41, 5.74) is 2.21. The lowest BCUT2D eigenvalue weighted by Gasteiger charge is -2.09. The minimum absolute atomic E-state index is 0.0319. The minimum atomic E-state index is 0.0319. The Balaban J connectivity index is 0.000000159. The van der Waals surface area contributed by atoms with Crippen molar-refractivity contribution < 1.29 is 14.8 Å². The van der Waals surface area contributed by atoms with Gasteiger partial charge in [-0.3, -0.25) is 9.89 Å². The first-order valence-electron chi connectivity index (χ1n) is 8.59. The van der Waals surface area contributed by atoms with E-state index < -0.39 is 0 Å². The van der Waals surface area contributed by atoms with E-state index in [1.807, 2.05) is 24.3 Å². The van der Waals surface area contributed by atoms with Crippen LogP contribution in [-0.4, -0.2) is 35.2 Å². The van der Waals surface area contributed by atoms with E-state index in [2.05, 4.69) is 9.89 Å². The Morgan fingerprint density at radius 3 is 2.21 bits per heavy atom. The predicted octanol–water partition coefficient (Wildman–Crippen LogP) is 2.24. The molecule has 0 fully saturated rings. The van der Waals surface area contributed by atoms with Gasteiger partial charge in [-0.2, -0.15) is 0 Å². The molecule has 4 rings (SSSR count). The van der Waals surface area contributed by atoms with Gasteiger partial charge in [0.1, 0.15) is 5.75 Å². The molecule has 126 valence electrons. The number of nitrogens with zero attached hydrogens (tertiary/aromatic N) is 1. The third-order valence-corrected chi connectivity index (χ3v) is 4.43. The Labute approximate surface area is 143 Å². The van der Waals surface area contributed by atoms with Crippen LogP contribution in [0.1, 0.15) is 30.4 Å². The van der Waals surface area contributed by atoms with Crippen LogP contribution >= 0.6 is 0 Å². The molecule has 2 N–H and O–H groups in total. The van der Waals surface area contributed by atoms with Gasteiger partial charge in [-0.05, 0) is 36.1 Å². The first-order chi connectivity index (χ1) is 11.7. The SMILES string of the molecule is C1CNC2=[N+](C1)CCC2.[O-]c1ccc(Cc2ccc(O)cc2)cc1. The Hall–Kier alpha value is -2.49. The largest absolute Gasteiger partial charge is 0.872 e. The standard InChI is InChI=1S/C13H12O2.C7H12N2/c14-12-5-1-10(2-6-12)9-11-3-7-13(15)8-4-11;1-3-7-8-4-2-6-9(7)5-1/h1-8,14-15H,9H2;1-6H2. The fourth-order valence-corrected chi connectivity index (χ4v) is 3.14. The molecule has 2 aromatic rings. The number of nitrogens with one attached hydrogen (secondary N) is 1. The van der Waals surface area contributed by atoms with Gasteiger partial charge in [0.05, 0.1) is 26.1 Å². The van der Waals surface area contributed by atoms with Gasteiger partial charge in [0.2, 0.25) is 5.84 Å².